The van der Waals surface area contributed by atoms with Gasteiger partial charge in [0.25, 0.3) is 0 Å². The summed E-state index contributed by atoms with van der Waals surface area (Å²) in [5.41, 5.74) is 0. The van der Waals surface area contributed by atoms with Crippen molar-refractivity contribution in [1.82, 2.24) is 5.32 Å². The van der Waals surface area contributed by atoms with Gasteiger partial charge in [-0.3, -0.25) is 9.59 Å². The van der Waals surface area contributed by atoms with Crippen LogP contribution in [0.15, 0.2) is 60.8 Å². The van der Waals surface area contributed by atoms with Gasteiger partial charge in [0.1, 0.15) is 0 Å². The maximum atomic E-state index is 12.2. The zero-order valence-corrected chi connectivity index (χ0v) is 26.3. The standard InChI is InChI=1S/C36H61NO4/c1-3-5-7-9-11-13-15-16-18-19-21-23-25-28-33(39)29-27-31-36(41)37-34(32-38)35(40)30-26-24-22-20-17-14-12-10-8-6-4-2/h11,13,16,18,21,23,25-26,28,30,34-35,38,40H,3-10,12,14-15,17,19-20,22,24,27,29,31-32H2,1-2H3,(H,37,41)/b13-11-,18-16-,23-21-,28-25+,30-26+/t34-,35+/m0/s1. The number of hydrogen-bond acceptors (Lipinski definition) is 4. The van der Waals surface area contributed by atoms with Crippen LogP contribution in [0.3, 0.4) is 0 Å². The second kappa shape index (κ2) is 30.7. The Morgan fingerprint density at radius 3 is 1.90 bits per heavy atom. The van der Waals surface area contributed by atoms with Crippen molar-refractivity contribution in [3.8, 4) is 0 Å². The van der Waals surface area contributed by atoms with Crippen LogP contribution in [-0.4, -0.2) is 40.7 Å². The Morgan fingerprint density at radius 2 is 1.22 bits per heavy atom. The van der Waals surface area contributed by atoms with Gasteiger partial charge in [-0.2, -0.15) is 0 Å². The van der Waals surface area contributed by atoms with Gasteiger partial charge < -0.3 is 15.5 Å². The molecule has 0 unspecified atom stereocenters. The number of amides is 1. The summed E-state index contributed by atoms with van der Waals surface area (Å²) in [6.45, 7) is 4.11. The Morgan fingerprint density at radius 1 is 0.659 bits per heavy atom. The van der Waals surface area contributed by atoms with E-state index in [9.17, 15) is 19.8 Å². The molecule has 5 nitrogen and oxygen atoms in total. The minimum Gasteiger partial charge on any atom is -0.394 e. The van der Waals surface area contributed by atoms with Crippen LogP contribution >= 0.6 is 0 Å². The third-order valence-electron chi connectivity index (χ3n) is 6.97. The first-order chi connectivity index (χ1) is 20.0. The molecule has 0 bridgehead atoms. The van der Waals surface area contributed by atoms with Crippen LogP contribution in [0.4, 0.5) is 0 Å². The summed E-state index contributed by atoms with van der Waals surface area (Å²) >= 11 is 0. The van der Waals surface area contributed by atoms with Crippen molar-refractivity contribution < 1.29 is 19.8 Å². The lowest BCUT2D eigenvalue weighted by atomic mass is 10.1. The van der Waals surface area contributed by atoms with Crippen LogP contribution in [0, 0.1) is 0 Å². The molecule has 5 heteroatoms. The van der Waals surface area contributed by atoms with Crippen molar-refractivity contribution in [2.24, 2.45) is 0 Å². The predicted molar refractivity (Wildman–Crippen MR) is 175 cm³/mol. The molecule has 0 fully saturated rings. The number of allylic oxidation sites excluding steroid dienone is 9. The van der Waals surface area contributed by atoms with Crippen LogP contribution in [0.25, 0.3) is 0 Å². The summed E-state index contributed by atoms with van der Waals surface area (Å²) in [6, 6.07) is -0.738. The lowest BCUT2D eigenvalue weighted by Gasteiger charge is -2.19. The summed E-state index contributed by atoms with van der Waals surface area (Å²) < 4.78 is 0. The predicted octanol–water partition coefficient (Wildman–Crippen LogP) is 8.63. The molecule has 0 aromatic heterocycles. The number of hydrogen-bond donors (Lipinski definition) is 3. The maximum absolute atomic E-state index is 12.2. The van der Waals surface area contributed by atoms with E-state index in [1.165, 1.54) is 76.7 Å². The zero-order chi connectivity index (χ0) is 30.2. The summed E-state index contributed by atoms with van der Waals surface area (Å²) in [5.74, 6) is -0.293. The summed E-state index contributed by atoms with van der Waals surface area (Å²) in [6.07, 6.45) is 38.5. The molecule has 2 atom stereocenters. The van der Waals surface area contributed by atoms with Crippen molar-refractivity contribution in [3.63, 3.8) is 0 Å². The number of aliphatic hydroxyl groups excluding tert-OH is 2. The fraction of sp³-hybridized carbons (Fsp3) is 0.667. The monoisotopic (exact) mass is 571 g/mol. The summed E-state index contributed by atoms with van der Waals surface area (Å²) in [7, 11) is 0. The molecule has 0 aliphatic carbocycles. The molecule has 0 saturated carbocycles. The molecule has 0 aliphatic heterocycles. The Bertz CT molecular complexity index is 766. The highest BCUT2D eigenvalue weighted by Gasteiger charge is 2.18. The average molecular weight is 572 g/mol. The average Bonchev–Trinajstić information content (AvgIpc) is 2.96. The molecule has 0 spiro atoms. The van der Waals surface area contributed by atoms with Crippen molar-refractivity contribution in [2.45, 2.75) is 148 Å². The Kier molecular flexibility index (Phi) is 29.0. The molecular formula is C36H61NO4. The van der Waals surface area contributed by atoms with Crippen molar-refractivity contribution in [3.05, 3.63) is 60.8 Å². The first-order valence-corrected chi connectivity index (χ1v) is 16.5. The molecule has 0 aromatic carbocycles. The van der Waals surface area contributed by atoms with Crippen LogP contribution < -0.4 is 5.32 Å². The number of aliphatic hydroxyl groups is 2. The minimum atomic E-state index is -0.930. The van der Waals surface area contributed by atoms with E-state index in [1.807, 2.05) is 18.2 Å². The van der Waals surface area contributed by atoms with E-state index in [4.69, 9.17) is 0 Å². The largest absolute Gasteiger partial charge is 0.394 e. The molecule has 0 aromatic rings. The Balaban J connectivity index is 3.96. The van der Waals surface area contributed by atoms with Crippen molar-refractivity contribution in [2.75, 3.05) is 6.61 Å². The summed E-state index contributed by atoms with van der Waals surface area (Å²) in [5, 5.41) is 22.6. The van der Waals surface area contributed by atoms with E-state index in [-0.39, 0.29) is 31.1 Å². The highest BCUT2D eigenvalue weighted by molar-refractivity contribution is 5.90. The van der Waals surface area contributed by atoms with Gasteiger partial charge >= 0.3 is 0 Å². The molecule has 41 heavy (non-hydrogen) atoms. The highest BCUT2D eigenvalue weighted by atomic mass is 16.3. The molecule has 0 radical (unpaired) electrons. The lowest BCUT2D eigenvalue weighted by Crippen LogP contribution is -2.45. The van der Waals surface area contributed by atoms with E-state index in [0.29, 0.717) is 6.42 Å². The number of carbonyl (C=O) groups excluding carboxylic acids is 2. The minimum absolute atomic E-state index is 0.0237. The van der Waals surface area contributed by atoms with Crippen LogP contribution in [0.2, 0.25) is 0 Å². The maximum Gasteiger partial charge on any atom is 0.220 e. The van der Waals surface area contributed by atoms with Crippen molar-refractivity contribution in [1.29, 1.82) is 0 Å². The third-order valence-corrected chi connectivity index (χ3v) is 6.97. The zero-order valence-electron chi connectivity index (χ0n) is 26.3. The fourth-order valence-corrected chi connectivity index (χ4v) is 4.36. The molecule has 3 N–H and O–H groups in total. The number of ketones is 1. The fourth-order valence-electron chi connectivity index (χ4n) is 4.36. The number of nitrogens with one attached hydrogen (secondary N) is 1. The van der Waals surface area contributed by atoms with Gasteiger partial charge in [0.2, 0.25) is 5.91 Å². The third kappa shape index (κ3) is 27.7. The van der Waals surface area contributed by atoms with Gasteiger partial charge in [0.15, 0.2) is 5.78 Å². The van der Waals surface area contributed by atoms with Gasteiger partial charge in [-0.25, -0.2) is 0 Å². The smallest absolute Gasteiger partial charge is 0.220 e. The van der Waals surface area contributed by atoms with E-state index in [2.05, 4.69) is 43.5 Å². The molecule has 234 valence electrons. The van der Waals surface area contributed by atoms with Gasteiger partial charge in [0.05, 0.1) is 18.8 Å². The van der Waals surface area contributed by atoms with E-state index in [0.717, 1.165) is 32.1 Å². The van der Waals surface area contributed by atoms with Crippen LogP contribution in [0.5, 0.6) is 0 Å². The van der Waals surface area contributed by atoms with Crippen LogP contribution in [0.1, 0.15) is 136 Å². The summed E-state index contributed by atoms with van der Waals surface area (Å²) in [4.78, 5) is 24.3. The second-order valence-corrected chi connectivity index (χ2v) is 10.9. The normalized spacial score (nSPS) is 13.9. The number of rotatable bonds is 28. The van der Waals surface area contributed by atoms with Gasteiger partial charge in [-0.1, -0.05) is 133 Å². The van der Waals surface area contributed by atoms with E-state index in [1.54, 1.807) is 12.2 Å². The molecule has 0 aliphatic rings. The topological polar surface area (TPSA) is 86.6 Å². The number of unbranched alkanes of at least 4 members (excludes halogenated alkanes) is 12. The molecule has 0 heterocycles. The Hall–Kier alpha value is -2.24. The second-order valence-electron chi connectivity index (χ2n) is 10.9. The van der Waals surface area contributed by atoms with Gasteiger partial charge in [-0.15, -0.1) is 0 Å². The van der Waals surface area contributed by atoms with Crippen LogP contribution in [-0.2, 0) is 9.59 Å². The van der Waals surface area contributed by atoms with Crippen molar-refractivity contribution >= 4 is 11.7 Å². The first kappa shape index (κ1) is 38.8. The Labute approximate surface area is 252 Å². The highest BCUT2D eigenvalue weighted by Crippen LogP contribution is 2.11. The quantitative estimate of drug-likeness (QED) is 0.0380. The molecule has 0 rings (SSSR count). The molecular weight excluding hydrogens is 510 g/mol. The van der Waals surface area contributed by atoms with E-state index < -0.39 is 12.1 Å². The number of carbonyl (C=O) groups is 2. The molecule has 1 amide bonds. The first-order valence-electron chi connectivity index (χ1n) is 16.5. The van der Waals surface area contributed by atoms with Gasteiger partial charge in [-0.05, 0) is 51.0 Å². The lowest BCUT2D eigenvalue weighted by molar-refractivity contribution is -0.123. The van der Waals surface area contributed by atoms with Gasteiger partial charge in [0, 0.05) is 12.8 Å². The molecule has 0 saturated heterocycles. The SMILES string of the molecule is CCCCC/C=C\C/C=C\C/C=C\C=C\C(=O)CCCC(=O)N[C@@H](CO)[C@H](O)/C=C/CCCCCCCCCCC. The van der Waals surface area contributed by atoms with E-state index >= 15 is 0 Å².